The van der Waals surface area contributed by atoms with Crippen molar-refractivity contribution >= 4 is 11.7 Å². The van der Waals surface area contributed by atoms with E-state index in [0.717, 1.165) is 0 Å². The first-order chi connectivity index (χ1) is 12.3. The van der Waals surface area contributed by atoms with E-state index in [1.165, 1.54) is 35.3 Å². The number of amides is 2. The molecule has 3 rings (SSSR count). The second kappa shape index (κ2) is 6.75. The van der Waals surface area contributed by atoms with Gasteiger partial charge in [-0.1, -0.05) is 0 Å². The van der Waals surface area contributed by atoms with Gasteiger partial charge in [0.25, 0.3) is 0 Å². The quantitative estimate of drug-likeness (QED) is 0.743. The molecule has 0 aliphatic rings. The molecule has 0 saturated heterocycles. The Morgan fingerprint density at radius 2 is 1.73 bits per heavy atom. The third-order valence-electron chi connectivity index (χ3n) is 3.24. The van der Waals surface area contributed by atoms with Gasteiger partial charge in [0.1, 0.15) is 12.1 Å². The monoisotopic (exact) mass is 363 g/mol. The van der Waals surface area contributed by atoms with Crippen molar-refractivity contribution in [2.75, 3.05) is 5.32 Å². The van der Waals surface area contributed by atoms with Gasteiger partial charge in [-0.3, -0.25) is 0 Å². The lowest BCUT2D eigenvalue weighted by molar-refractivity contribution is -0.274. The van der Waals surface area contributed by atoms with Gasteiger partial charge in [0.2, 0.25) is 0 Å². The summed E-state index contributed by atoms with van der Waals surface area (Å²) in [5.41, 5.74) is 6.77. The maximum atomic E-state index is 12.2. The first kappa shape index (κ1) is 17.3. The van der Waals surface area contributed by atoms with E-state index < -0.39 is 12.4 Å². The van der Waals surface area contributed by atoms with Crippen LogP contribution in [0, 0.1) is 0 Å². The Balaban J connectivity index is 1.76. The lowest BCUT2D eigenvalue weighted by atomic mass is 10.2. The van der Waals surface area contributed by atoms with Gasteiger partial charge in [0.05, 0.1) is 5.69 Å². The van der Waals surface area contributed by atoms with Crippen molar-refractivity contribution in [3.63, 3.8) is 0 Å². The zero-order chi connectivity index (χ0) is 18.7. The van der Waals surface area contributed by atoms with E-state index in [-0.39, 0.29) is 5.75 Å². The number of alkyl halides is 3. The molecule has 0 aliphatic carbocycles. The number of aromatic nitrogens is 3. The SMILES string of the molecule is NC(=O)Nc1ccc(-c2ncn(-c3ccc(OC(F)(F)F)cc3)n2)cc1. The normalized spacial score (nSPS) is 11.2. The summed E-state index contributed by atoms with van der Waals surface area (Å²) in [7, 11) is 0. The molecular weight excluding hydrogens is 351 g/mol. The van der Waals surface area contributed by atoms with Gasteiger partial charge in [-0.15, -0.1) is 18.3 Å². The summed E-state index contributed by atoms with van der Waals surface area (Å²) < 4.78 is 41.8. The molecule has 1 aromatic heterocycles. The van der Waals surface area contributed by atoms with E-state index in [1.807, 2.05) is 0 Å². The van der Waals surface area contributed by atoms with Crippen LogP contribution in [0.2, 0.25) is 0 Å². The summed E-state index contributed by atoms with van der Waals surface area (Å²) in [6, 6.07) is 11.3. The molecule has 0 radical (unpaired) electrons. The van der Waals surface area contributed by atoms with Crippen molar-refractivity contribution in [1.82, 2.24) is 14.8 Å². The molecule has 7 nitrogen and oxygen atoms in total. The van der Waals surface area contributed by atoms with Crippen molar-refractivity contribution in [3.05, 3.63) is 54.9 Å². The van der Waals surface area contributed by atoms with Gasteiger partial charge in [-0.25, -0.2) is 14.5 Å². The van der Waals surface area contributed by atoms with Crippen LogP contribution in [0.15, 0.2) is 54.9 Å². The van der Waals surface area contributed by atoms with Gasteiger partial charge >= 0.3 is 12.4 Å². The van der Waals surface area contributed by atoms with Crippen LogP contribution < -0.4 is 15.8 Å². The highest BCUT2D eigenvalue weighted by molar-refractivity contribution is 5.88. The van der Waals surface area contributed by atoms with Crippen molar-refractivity contribution in [3.8, 4) is 22.8 Å². The molecule has 3 N–H and O–H groups in total. The fourth-order valence-electron chi connectivity index (χ4n) is 2.17. The van der Waals surface area contributed by atoms with Gasteiger partial charge in [-0.2, -0.15) is 0 Å². The minimum atomic E-state index is -4.74. The molecule has 2 amide bonds. The number of carbonyl (C=O) groups excluding carboxylic acids is 1. The van der Waals surface area contributed by atoms with Crippen LogP contribution >= 0.6 is 0 Å². The van der Waals surface area contributed by atoms with Crippen LogP contribution in [-0.4, -0.2) is 27.2 Å². The number of nitrogens with zero attached hydrogens (tertiary/aromatic N) is 3. The van der Waals surface area contributed by atoms with E-state index in [2.05, 4.69) is 20.1 Å². The smallest absolute Gasteiger partial charge is 0.406 e. The molecule has 0 unspecified atom stereocenters. The molecule has 1 heterocycles. The van der Waals surface area contributed by atoms with Crippen molar-refractivity contribution in [2.24, 2.45) is 5.73 Å². The molecule has 0 atom stereocenters. The standard InChI is InChI=1S/C16H12F3N5O2/c17-16(18,19)26-13-7-5-12(6-8-13)24-9-21-14(23-24)10-1-3-11(4-2-10)22-15(20)25/h1-9H,(H3,20,22,25). The topological polar surface area (TPSA) is 95.1 Å². The van der Waals surface area contributed by atoms with E-state index >= 15 is 0 Å². The number of nitrogens with two attached hydrogens (primary N) is 1. The minimum absolute atomic E-state index is 0.320. The Labute approximate surface area is 145 Å². The molecule has 134 valence electrons. The number of hydrogen-bond donors (Lipinski definition) is 2. The number of primary amides is 1. The number of carbonyl (C=O) groups is 1. The third kappa shape index (κ3) is 4.29. The van der Waals surface area contributed by atoms with E-state index in [0.29, 0.717) is 22.8 Å². The highest BCUT2D eigenvalue weighted by Gasteiger charge is 2.30. The number of benzene rings is 2. The average Bonchev–Trinajstić information content (AvgIpc) is 3.04. The predicted octanol–water partition coefficient (Wildman–Crippen LogP) is 3.32. The van der Waals surface area contributed by atoms with Crippen LogP contribution in [0.4, 0.5) is 23.7 Å². The Morgan fingerprint density at radius 3 is 2.31 bits per heavy atom. The number of hydrogen-bond acceptors (Lipinski definition) is 4. The highest BCUT2D eigenvalue weighted by Crippen LogP contribution is 2.24. The first-order valence-corrected chi connectivity index (χ1v) is 7.25. The minimum Gasteiger partial charge on any atom is -0.406 e. The van der Waals surface area contributed by atoms with E-state index in [1.54, 1.807) is 24.3 Å². The zero-order valence-electron chi connectivity index (χ0n) is 13.1. The zero-order valence-corrected chi connectivity index (χ0v) is 13.1. The van der Waals surface area contributed by atoms with E-state index in [4.69, 9.17) is 5.73 Å². The largest absolute Gasteiger partial charge is 0.573 e. The third-order valence-corrected chi connectivity index (χ3v) is 3.24. The van der Waals surface area contributed by atoms with Gasteiger partial charge < -0.3 is 15.8 Å². The number of rotatable bonds is 4. The number of nitrogens with one attached hydrogen (secondary N) is 1. The summed E-state index contributed by atoms with van der Waals surface area (Å²) in [4.78, 5) is 15.0. The van der Waals surface area contributed by atoms with Gasteiger partial charge in [0.15, 0.2) is 5.82 Å². The summed E-state index contributed by atoms with van der Waals surface area (Å²) in [5, 5.41) is 6.71. The van der Waals surface area contributed by atoms with Crippen LogP contribution in [-0.2, 0) is 0 Å². The maximum Gasteiger partial charge on any atom is 0.573 e. The molecule has 0 saturated carbocycles. The maximum absolute atomic E-state index is 12.2. The summed E-state index contributed by atoms with van der Waals surface area (Å²) in [5.74, 6) is 0.0883. The molecule has 0 bridgehead atoms. The van der Waals surface area contributed by atoms with Crippen LogP contribution in [0.25, 0.3) is 17.1 Å². The molecule has 0 fully saturated rings. The van der Waals surface area contributed by atoms with E-state index in [9.17, 15) is 18.0 Å². The molecular formula is C16H12F3N5O2. The van der Waals surface area contributed by atoms with Crippen molar-refractivity contribution in [1.29, 1.82) is 0 Å². The predicted molar refractivity (Wildman–Crippen MR) is 86.7 cm³/mol. The average molecular weight is 363 g/mol. The molecule has 10 heteroatoms. The number of halogens is 3. The molecule has 0 aliphatic heterocycles. The molecule has 3 aromatic rings. The van der Waals surface area contributed by atoms with Gasteiger partial charge in [-0.05, 0) is 48.5 Å². The molecule has 0 spiro atoms. The number of anilines is 1. The molecule has 2 aromatic carbocycles. The Hall–Kier alpha value is -3.56. The Morgan fingerprint density at radius 1 is 1.08 bits per heavy atom. The lowest BCUT2D eigenvalue weighted by Gasteiger charge is -2.09. The summed E-state index contributed by atoms with van der Waals surface area (Å²) in [6.07, 6.45) is -3.30. The van der Waals surface area contributed by atoms with Gasteiger partial charge in [0, 0.05) is 11.3 Å². The van der Waals surface area contributed by atoms with Crippen molar-refractivity contribution < 1.29 is 22.7 Å². The highest BCUT2D eigenvalue weighted by atomic mass is 19.4. The first-order valence-electron chi connectivity index (χ1n) is 7.25. The van der Waals surface area contributed by atoms with Crippen LogP contribution in [0.1, 0.15) is 0 Å². The van der Waals surface area contributed by atoms with Crippen LogP contribution in [0.5, 0.6) is 5.75 Å². The summed E-state index contributed by atoms with van der Waals surface area (Å²) in [6.45, 7) is 0. The Bertz CT molecular complexity index is 905. The second-order valence-corrected chi connectivity index (χ2v) is 5.12. The fourth-order valence-corrected chi connectivity index (χ4v) is 2.17. The second-order valence-electron chi connectivity index (χ2n) is 5.12. The number of ether oxygens (including phenoxy) is 1. The lowest BCUT2D eigenvalue weighted by Crippen LogP contribution is -2.19. The summed E-state index contributed by atoms with van der Waals surface area (Å²) >= 11 is 0. The van der Waals surface area contributed by atoms with Crippen LogP contribution in [0.3, 0.4) is 0 Å². The molecule has 26 heavy (non-hydrogen) atoms. The number of urea groups is 1. The Kier molecular flexibility index (Phi) is 4.48. The fraction of sp³-hybridized carbons (Fsp3) is 0.0625. The van der Waals surface area contributed by atoms with Crippen molar-refractivity contribution in [2.45, 2.75) is 6.36 Å².